The van der Waals surface area contributed by atoms with Crippen LogP contribution in [0, 0.1) is 6.92 Å². The number of likely N-dealkylation sites (tertiary alicyclic amines) is 1. The lowest BCUT2D eigenvalue weighted by Crippen LogP contribution is -2.45. The van der Waals surface area contributed by atoms with Crippen molar-refractivity contribution >= 4 is 5.97 Å². The molecule has 1 N–H and O–H groups in total. The molecule has 1 aliphatic heterocycles. The van der Waals surface area contributed by atoms with Gasteiger partial charge in [-0.2, -0.15) is 0 Å². The van der Waals surface area contributed by atoms with Crippen molar-refractivity contribution in [2.75, 3.05) is 13.1 Å². The summed E-state index contributed by atoms with van der Waals surface area (Å²) in [6, 6.07) is 8.18. The number of carboxylic acids is 1. The van der Waals surface area contributed by atoms with Gasteiger partial charge in [-0.05, 0) is 38.3 Å². The molecular weight excluding hydrogens is 226 g/mol. The molecule has 1 aromatic rings. The van der Waals surface area contributed by atoms with Gasteiger partial charge in [-0.15, -0.1) is 0 Å². The Morgan fingerprint density at radius 2 is 2.28 bits per heavy atom. The first-order valence-corrected chi connectivity index (χ1v) is 6.69. The van der Waals surface area contributed by atoms with Gasteiger partial charge in [0.05, 0.1) is 0 Å². The summed E-state index contributed by atoms with van der Waals surface area (Å²) in [6.07, 6.45) is 3.89. The highest BCUT2D eigenvalue weighted by molar-refractivity contribution is 5.73. The molecule has 1 heterocycles. The van der Waals surface area contributed by atoms with E-state index in [1.54, 1.807) is 0 Å². The van der Waals surface area contributed by atoms with Crippen LogP contribution in [0.5, 0.6) is 0 Å². The SMILES string of the molecule is Cc1cccc(CCN2CCCCC2C(=O)O)c1. The Hall–Kier alpha value is -1.35. The molecule has 3 nitrogen and oxygen atoms in total. The van der Waals surface area contributed by atoms with Gasteiger partial charge in [0.15, 0.2) is 0 Å². The van der Waals surface area contributed by atoms with E-state index in [0.29, 0.717) is 0 Å². The number of carbonyl (C=O) groups is 1. The third kappa shape index (κ3) is 3.33. The van der Waals surface area contributed by atoms with Crippen LogP contribution >= 0.6 is 0 Å². The van der Waals surface area contributed by atoms with Crippen LogP contribution < -0.4 is 0 Å². The fourth-order valence-electron chi connectivity index (χ4n) is 2.68. The molecule has 1 aliphatic rings. The number of aliphatic carboxylic acids is 1. The van der Waals surface area contributed by atoms with Crippen LogP contribution in [0.1, 0.15) is 30.4 Å². The number of hydrogen-bond donors (Lipinski definition) is 1. The maximum absolute atomic E-state index is 11.2. The van der Waals surface area contributed by atoms with Gasteiger partial charge in [0.25, 0.3) is 0 Å². The van der Waals surface area contributed by atoms with Crippen LogP contribution in [0.4, 0.5) is 0 Å². The molecule has 0 amide bonds. The first kappa shape index (κ1) is 13.1. The zero-order chi connectivity index (χ0) is 13.0. The number of rotatable bonds is 4. The largest absolute Gasteiger partial charge is 0.480 e. The van der Waals surface area contributed by atoms with Gasteiger partial charge in [0.1, 0.15) is 6.04 Å². The van der Waals surface area contributed by atoms with Crippen molar-refractivity contribution in [3.63, 3.8) is 0 Å². The van der Waals surface area contributed by atoms with E-state index in [4.69, 9.17) is 0 Å². The molecular formula is C15H21NO2. The molecule has 1 atom stereocenters. The molecule has 0 aromatic heterocycles. The summed E-state index contributed by atoms with van der Waals surface area (Å²) in [5, 5.41) is 9.21. The number of carboxylic acid groups (broad SMARTS) is 1. The number of hydrogen-bond acceptors (Lipinski definition) is 2. The van der Waals surface area contributed by atoms with Gasteiger partial charge in [-0.1, -0.05) is 36.2 Å². The average Bonchev–Trinajstić information content (AvgIpc) is 2.37. The van der Waals surface area contributed by atoms with Crippen molar-refractivity contribution < 1.29 is 9.90 Å². The second-order valence-electron chi connectivity index (χ2n) is 5.12. The number of piperidine rings is 1. The molecule has 1 saturated heterocycles. The van der Waals surface area contributed by atoms with E-state index >= 15 is 0 Å². The maximum Gasteiger partial charge on any atom is 0.320 e. The fourth-order valence-corrected chi connectivity index (χ4v) is 2.68. The van der Waals surface area contributed by atoms with Crippen molar-refractivity contribution in [2.45, 2.75) is 38.6 Å². The Morgan fingerprint density at radius 1 is 1.44 bits per heavy atom. The van der Waals surface area contributed by atoms with Crippen LogP contribution in [-0.4, -0.2) is 35.1 Å². The molecule has 0 bridgehead atoms. The molecule has 3 heteroatoms. The van der Waals surface area contributed by atoms with E-state index < -0.39 is 5.97 Å². The van der Waals surface area contributed by atoms with Crippen molar-refractivity contribution in [3.05, 3.63) is 35.4 Å². The van der Waals surface area contributed by atoms with Crippen LogP contribution in [0.15, 0.2) is 24.3 Å². The molecule has 0 radical (unpaired) electrons. The predicted molar refractivity (Wildman–Crippen MR) is 71.7 cm³/mol. The average molecular weight is 247 g/mol. The lowest BCUT2D eigenvalue weighted by Gasteiger charge is -2.32. The van der Waals surface area contributed by atoms with Crippen molar-refractivity contribution in [3.8, 4) is 0 Å². The van der Waals surface area contributed by atoms with E-state index in [1.807, 2.05) is 0 Å². The third-order valence-electron chi connectivity index (χ3n) is 3.67. The Bertz CT molecular complexity index is 417. The van der Waals surface area contributed by atoms with Crippen LogP contribution in [0.25, 0.3) is 0 Å². The van der Waals surface area contributed by atoms with Gasteiger partial charge >= 0.3 is 5.97 Å². The summed E-state index contributed by atoms with van der Waals surface area (Å²) in [7, 11) is 0. The Kier molecular flexibility index (Phi) is 4.37. The Morgan fingerprint density at radius 3 is 3.00 bits per heavy atom. The summed E-state index contributed by atoms with van der Waals surface area (Å²) in [4.78, 5) is 13.3. The first-order chi connectivity index (χ1) is 8.66. The summed E-state index contributed by atoms with van der Waals surface area (Å²) in [5.74, 6) is -0.668. The molecule has 0 spiro atoms. The third-order valence-corrected chi connectivity index (χ3v) is 3.67. The van der Waals surface area contributed by atoms with Gasteiger partial charge in [-0.3, -0.25) is 9.69 Å². The number of aryl methyl sites for hydroxylation is 1. The molecule has 2 rings (SSSR count). The second-order valence-corrected chi connectivity index (χ2v) is 5.12. The maximum atomic E-state index is 11.2. The summed E-state index contributed by atoms with van der Waals surface area (Å²) < 4.78 is 0. The van der Waals surface area contributed by atoms with Crippen LogP contribution in [-0.2, 0) is 11.2 Å². The fraction of sp³-hybridized carbons (Fsp3) is 0.533. The molecule has 0 saturated carbocycles. The highest BCUT2D eigenvalue weighted by atomic mass is 16.4. The smallest absolute Gasteiger partial charge is 0.320 e. The lowest BCUT2D eigenvalue weighted by atomic mass is 10.0. The Balaban J connectivity index is 1.93. The van der Waals surface area contributed by atoms with Crippen molar-refractivity contribution in [2.24, 2.45) is 0 Å². The molecule has 1 aromatic carbocycles. The second kappa shape index (κ2) is 6.01. The quantitative estimate of drug-likeness (QED) is 0.888. The number of nitrogens with zero attached hydrogens (tertiary/aromatic N) is 1. The molecule has 1 fully saturated rings. The summed E-state index contributed by atoms with van der Waals surface area (Å²) >= 11 is 0. The van der Waals surface area contributed by atoms with Gasteiger partial charge in [0.2, 0.25) is 0 Å². The highest BCUT2D eigenvalue weighted by Crippen LogP contribution is 2.18. The molecule has 98 valence electrons. The van der Waals surface area contributed by atoms with E-state index in [0.717, 1.165) is 38.8 Å². The molecule has 18 heavy (non-hydrogen) atoms. The molecule has 0 aliphatic carbocycles. The minimum Gasteiger partial charge on any atom is -0.480 e. The lowest BCUT2D eigenvalue weighted by molar-refractivity contribution is -0.144. The summed E-state index contributed by atoms with van der Waals surface area (Å²) in [6.45, 7) is 3.85. The zero-order valence-corrected chi connectivity index (χ0v) is 10.9. The monoisotopic (exact) mass is 247 g/mol. The topological polar surface area (TPSA) is 40.5 Å². The zero-order valence-electron chi connectivity index (χ0n) is 10.9. The van der Waals surface area contributed by atoms with Crippen LogP contribution in [0.2, 0.25) is 0 Å². The van der Waals surface area contributed by atoms with E-state index in [-0.39, 0.29) is 6.04 Å². The minimum absolute atomic E-state index is 0.274. The van der Waals surface area contributed by atoms with E-state index in [1.165, 1.54) is 11.1 Å². The highest BCUT2D eigenvalue weighted by Gasteiger charge is 2.27. The van der Waals surface area contributed by atoms with Gasteiger partial charge < -0.3 is 5.11 Å². The Labute approximate surface area is 108 Å². The van der Waals surface area contributed by atoms with Gasteiger partial charge in [-0.25, -0.2) is 0 Å². The van der Waals surface area contributed by atoms with Crippen molar-refractivity contribution in [1.29, 1.82) is 0 Å². The normalized spacial score (nSPS) is 20.8. The summed E-state index contributed by atoms with van der Waals surface area (Å²) in [5.41, 5.74) is 2.56. The van der Waals surface area contributed by atoms with E-state index in [9.17, 15) is 9.90 Å². The van der Waals surface area contributed by atoms with Crippen LogP contribution in [0.3, 0.4) is 0 Å². The van der Waals surface area contributed by atoms with Gasteiger partial charge in [0, 0.05) is 6.54 Å². The van der Waals surface area contributed by atoms with E-state index in [2.05, 4.69) is 36.1 Å². The first-order valence-electron chi connectivity index (χ1n) is 6.69. The molecule has 1 unspecified atom stereocenters. The minimum atomic E-state index is -0.668. The predicted octanol–water partition coefficient (Wildman–Crippen LogP) is 2.48. The van der Waals surface area contributed by atoms with Crippen molar-refractivity contribution in [1.82, 2.24) is 4.90 Å². The number of benzene rings is 1. The standard InChI is InChI=1S/C15H21NO2/c1-12-5-4-6-13(11-12)8-10-16-9-3-2-7-14(16)15(17)18/h4-6,11,14H,2-3,7-10H2,1H3,(H,17,18).